The topological polar surface area (TPSA) is 60.6 Å². The van der Waals surface area contributed by atoms with E-state index in [2.05, 4.69) is 39.5 Å². The predicted molar refractivity (Wildman–Crippen MR) is 140 cm³/mol. The van der Waals surface area contributed by atoms with E-state index in [0.29, 0.717) is 13.1 Å². The fourth-order valence-corrected chi connectivity index (χ4v) is 4.04. The average Bonchev–Trinajstić information content (AvgIpc) is 3.24. The summed E-state index contributed by atoms with van der Waals surface area (Å²) in [5.41, 5.74) is 6.35. The number of H-pyrrole nitrogens is 1. The molecule has 1 heterocycles. The van der Waals surface area contributed by atoms with Crippen LogP contribution < -0.4 is 15.0 Å². The second kappa shape index (κ2) is 10.3. The number of nitrogens with zero attached hydrogens (tertiary/aromatic N) is 2. The van der Waals surface area contributed by atoms with Gasteiger partial charge < -0.3 is 24.8 Å². The molecule has 34 heavy (non-hydrogen) atoms. The summed E-state index contributed by atoms with van der Waals surface area (Å²) in [5, 5.41) is 4.19. The lowest BCUT2D eigenvalue weighted by Gasteiger charge is -2.24. The lowest BCUT2D eigenvalue weighted by atomic mass is 10.1. The molecule has 1 aromatic heterocycles. The Labute approximate surface area is 201 Å². The first kappa shape index (κ1) is 23.2. The van der Waals surface area contributed by atoms with Crippen LogP contribution in [0.4, 0.5) is 16.2 Å². The van der Waals surface area contributed by atoms with Gasteiger partial charge in [-0.05, 0) is 72.5 Å². The molecule has 0 bridgehead atoms. The third-order valence-corrected chi connectivity index (χ3v) is 6.01. The maximum absolute atomic E-state index is 13.3. The summed E-state index contributed by atoms with van der Waals surface area (Å²) in [6.45, 7) is 3.12. The lowest BCUT2D eigenvalue weighted by molar-refractivity contribution is 0.210. The third-order valence-electron chi connectivity index (χ3n) is 6.01. The quantitative estimate of drug-likeness (QED) is 0.351. The summed E-state index contributed by atoms with van der Waals surface area (Å²) in [6.07, 6.45) is 2.75. The number of amides is 2. The molecule has 0 radical (unpaired) electrons. The van der Waals surface area contributed by atoms with Gasteiger partial charge in [-0.25, -0.2) is 4.79 Å². The zero-order valence-electron chi connectivity index (χ0n) is 20.3. The van der Waals surface area contributed by atoms with E-state index in [1.165, 1.54) is 0 Å². The average molecular weight is 457 g/mol. The van der Waals surface area contributed by atoms with Gasteiger partial charge in [0.05, 0.1) is 7.11 Å². The predicted octanol–water partition coefficient (Wildman–Crippen LogP) is 5.83. The monoisotopic (exact) mass is 456 g/mol. The molecule has 2 amide bonds. The molecule has 4 rings (SSSR count). The van der Waals surface area contributed by atoms with Gasteiger partial charge in [-0.15, -0.1) is 0 Å². The molecule has 4 aromatic rings. The van der Waals surface area contributed by atoms with Crippen LogP contribution in [-0.2, 0) is 13.0 Å². The number of carbonyl (C=O) groups is 1. The van der Waals surface area contributed by atoms with Gasteiger partial charge >= 0.3 is 6.03 Å². The van der Waals surface area contributed by atoms with Crippen molar-refractivity contribution in [2.45, 2.75) is 19.9 Å². The Hall–Kier alpha value is -3.93. The number of aryl methyl sites for hydroxylation is 1. The first-order valence-corrected chi connectivity index (χ1v) is 11.5. The molecule has 0 spiro atoms. The highest BCUT2D eigenvalue weighted by molar-refractivity contribution is 5.89. The summed E-state index contributed by atoms with van der Waals surface area (Å²) in [4.78, 5) is 20.6. The third kappa shape index (κ3) is 5.52. The minimum Gasteiger partial charge on any atom is -0.497 e. The van der Waals surface area contributed by atoms with E-state index in [1.54, 1.807) is 7.11 Å². The van der Waals surface area contributed by atoms with Gasteiger partial charge in [-0.3, -0.25) is 0 Å². The Morgan fingerprint density at radius 3 is 2.53 bits per heavy atom. The number of urea groups is 1. The first-order chi connectivity index (χ1) is 16.4. The number of ether oxygens (including phenoxy) is 1. The maximum atomic E-state index is 13.3. The number of methoxy groups -OCH3 is 1. The van der Waals surface area contributed by atoms with Crippen LogP contribution in [0.2, 0.25) is 0 Å². The Kier molecular flexibility index (Phi) is 7.07. The number of aromatic nitrogens is 1. The highest BCUT2D eigenvalue weighted by Gasteiger charge is 2.16. The number of anilines is 2. The van der Waals surface area contributed by atoms with E-state index in [4.69, 9.17) is 4.74 Å². The molecule has 6 heteroatoms. The Bertz CT molecular complexity index is 1260. The van der Waals surface area contributed by atoms with Crippen molar-refractivity contribution in [3.8, 4) is 5.75 Å². The lowest BCUT2D eigenvalue weighted by Crippen LogP contribution is -2.36. The van der Waals surface area contributed by atoms with Crippen LogP contribution in [0, 0.1) is 6.92 Å². The normalized spacial score (nSPS) is 10.8. The molecule has 0 saturated carbocycles. The number of benzene rings is 3. The van der Waals surface area contributed by atoms with Crippen LogP contribution in [0.3, 0.4) is 0 Å². The smallest absolute Gasteiger partial charge is 0.322 e. The highest BCUT2D eigenvalue weighted by atomic mass is 16.5. The van der Waals surface area contributed by atoms with E-state index in [9.17, 15) is 4.79 Å². The van der Waals surface area contributed by atoms with Crippen LogP contribution in [0.5, 0.6) is 5.75 Å². The molecule has 0 fully saturated rings. The molecule has 3 aromatic carbocycles. The summed E-state index contributed by atoms with van der Waals surface area (Å²) in [5.74, 6) is 0.823. The van der Waals surface area contributed by atoms with Crippen molar-refractivity contribution < 1.29 is 9.53 Å². The Balaban J connectivity index is 1.54. The molecular weight excluding hydrogens is 424 g/mol. The molecule has 0 saturated heterocycles. The minimum atomic E-state index is -0.111. The van der Waals surface area contributed by atoms with Crippen LogP contribution in [-0.4, -0.2) is 43.7 Å². The SMILES string of the molecule is COc1ccc2[nH]cc(CCN(Cc3ccc(N(C)C)cc3)C(=O)Nc3cccc(C)c3)c2c1. The van der Waals surface area contributed by atoms with Gasteiger partial charge in [0.25, 0.3) is 0 Å². The molecule has 176 valence electrons. The van der Waals surface area contributed by atoms with Crippen molar-refractivity contribution in [2.75, 3.05) is 38.0 Å². The van der Waals surface area contributed by atoms with E-state index in [0.717, 1.165) is 51.1 Å². The maximum Gasteiger partial charge on any atom is 0.322 e. The van der Waals surface area contributed by atoms with Crippen molar-refractivity contribution in [1.29, 1.82) is 0 Å². The highest BCUT2D eigenvalue weighted by Crippen LogP contribution is 2.24. The summed E-state index contributed by atoms with van der Waals surface area (Å²) in [6, 6.07) is 22.1. The van der Waals surface area contributed by atoms with Gasteiger partial charge in [0.2, 0.25) is 0 Å². The van der Waals surface area contributed by atoms with Crippen molar-refractivity contribution >= 4 is 28.3 Å². The largest absolute Gasteiger partial charge is 0.497 e. The van der Waals surface area contributed by atoms with Crippen LogP contribution in [0.15, 0.2) is 72.9 Å². The minimum absolute atomic E-state index is 0.111. The fourth-order valence-electron chi connectivity index (χ4n) is 4.04. The van der Waals surface area contributed by atoms with Crippen molar-refractivity contribution in [3.05, 3.63) is 89.6 Å². The summed E-state index contributed by atoms with van der Waals surface area (Å²) >= 11 is 0. The number of aromatic amines is 1. The Morgan fingerprint density at radius 1 is 1.03 bits per heavy atom. The van der Waals surface area contributed by atoms with Crippen LogP contribution in [0.25, 0.3) is 10.9 Å². The van der Waals surface area contributed by atoms with Gasteiger partial charge in [0.15, 0.2) is 0 Å². The van der Waals surface area contributed by atoms with Crippen molar-refractivity contribution in [1.82, 2.24) is 9.88 Å². The van der Waals surface area contributed by atoms with Gasteiger partial charge in [-0.1, -0.05) is 24.3 Å². The molecular formula is C28H32N4O2. The fraction of sp³-hybridized carbons (Fsp3) is 0.250. The van der Waals surface area contributed by atoms with Gasteiger partial charge in [0, 0.05) is 55.7 Å². The van der Waals surface area contributed by atoms with Crippen LogP contribution in [0.1, 0.15) is 16.7 Å². The van der Waals surface area contributed by atoms with E-state index in [1.807, 2.05) is 74.6 Å². The number of hydrogen-bond acceptors (Lipinski definition) is 3. The molecule has 6 nitrogen and oxygen atoms in total. The van der Waals surface area contributed by atoms with Crippen molar-refractivity contribution in [3.63, 3.8) is 0 Å². The zero-order chi connectivity index (χ0) is 24.1. The van der Waals surface area contributed by atoms with E-state index >= 15 is 0 Å². The van der Waals surface area contributed by atoms with Crippen molar-refractivity contribution in [2.24, 2.45) is 0 Å². The molecule has 2 N–H and O–H groups in total. The molecule has 0 unspecified atom stereocenters. The van der Waals surface area contributed by atoms with Gasteiger partial charge in [-0.2, -0.15) is 0 Å². The number of fused-ring (bicyclic) bond motifs is 1. The Morgan fingerprint density at radius 2 is 1.82 bits per heavy atom. The number of rotatable bonds is 8. The summed E-state index contributed by atoms with van der Waals surface area (Å²) < 4.78 is 5.40. The standard InChI is InChI=1S/C28H32N4O2/c1-20-6-5-7-23(16-20)30-28(33)32(19-21-8-10-24(11-9-21)31(2)3)15-14-22-18-29-27-13-12-25(34-4)17-26(22)27/h5-13,16-18,29H,14-15,19H2,1-4H3,(H,30,33). The number of hydrogen-bond donors (Lipinski definition) is 2. The molecule has 0 aliphatic carbocycles. The molecule has 0 aliphatic rings. The van der Waals surface area contributed by atoms with E-state index in [-0.39, 0.29) is 6.03 Å². The number of carbonyl (C=O) groups excluding carboxylic acids is 1. The van der Waals surface area contributed by atoms with E-state index < -0.39 is 0 Å². The van der Waals surface area contributed by atoms with Gasteiger partial charge in [0.1, 0.15) is 5.75 Å². The summed E-state index contributed by atoms with van der Waals surface area (Å²) in [7, 11) is 5.71. The second-order valence-corrected chi connectivity index (χ2v) is 8.76. The second-order valence-electron chi connectivity index (χ2n) is 8.76. The molecule has 0 aliphatic heterocycles. The first-order valence-electron chi connectivity index (χ1n) is 11.5. The number of nitrogens with one attached hydrogen (secondary N) is 2. The zero-order valence-corrected chi connectivity index (χ0v) is 20.3. The van der Waals surface area contributed by atoms with Crippen LogP contribution >= 0.6 is 0 Å². The molecule has 0 atom stereocenters.